The summed E-state index contributed by atoms with van der Waals surface area (Å²) in [4.78, 5) is 19.1. The molecule has 0 saturated carbocycles. The van der Waals surface area contributed by atoms with Crippen molar-refractivity contribution >= 4 is 0 Å². The van der Waals surface area contributed by atoms with Gasteiger partial charge >= 0.3 is 0 Å². The van der Waals surface area contributed by atoms with Gasteiger partial charge in [0.25, 0.3) is 0 Å². The Bertz CT molecular complexity index is 638. The van der Waals surface area contributed by atoms with E-state index in [-0.39, 0.29) is 5.43 Å². The maximum absolute atomic E-state index is 11.8. The number of rotatable bonds is 11. The van der Waals surface area contributed by atoms with Crippen LogP contribution in [0, 0.1) is 0 Å². The van der Waals surface area contributed by atoms with Gasteiger partial charge in [-0.15, -0.1) is 0 Å². The van der Waals surface area contributed by atoms with Crippen molar-refractivity contribution < 1.29 is 4.74 Å². The van der Waals surface area contributed by atoms with Gasteiger partial charge in [-0.2, -0.15) is 0 Å². The van der Waals surface area contributed by atoms with Crippen molar-refractivity contribution in [2.24, 2.45) is 0 Å². The third-order valence-electron chi connectivity index (χ3n) is 4.04. The van der Waals surface area contributed by atoms with Gasteiger partial charge < -0.3 is 9.72 Å². The molecule has 0 radical (unpaired) electrons. The summed E-state index contributed by atoms with van der Waals surface area (Å²) >= 11 is 0. The van der Waals surface area contributed by atoms with Crippen LogP contribution in [0.1, 0.15) is 63.1 Å². The highest BCUT2D eigenvalue weighted by Gasteiger charge is 2.02. The van der Waals surface area contributed by atoms with E-state index in [4.69, 9.17) is 4.74 Å². The number of aromatic amines is 1. The van der Waals surface area contributed by atoms with Gasteiger partial charge in [-0.3, -0.25) is 9.78 Å². The lowest BCUT2D eigenvalue weighted by Crippen LogP contribution is -2.07. The molecule has 0 fully saturated rings. The number of H-pyrrole nitrogens is 1. The van der Waals surface area contributed by atoms with Crippen molar-refractivity contribution in [2.75, 3.05) is 0 Å². The maximum Gasteiger partial charge on any atom is 0.195 e. The number of aromatic nitrogens is 2. The molecule has 2 rings (SSSR count). The molecular formula is C20H28N2O2. The molecule has 4 heteroatoms. The molecule has 0 aromatic carbocycles. The largest absolute Gasteiger partial charge is 0.474 e. The lowest BCUT2D eigenvalue weighted by Gasteiger charge is -2.08. The number of nitrogens with one attached hydrogen (secondary N) is 1. The Labute approximate surface area is 144 Å². The third kappa shape index (κ3) is 6.99. The van der Waals surface area contributed by atoms with E-state index >= 15 is 0 Å². The summed E-state index contributed by atoms with van der Waals surface area (Å²) in [6.45, 7) is 2.64. The van der Waals surface area contributed by atoms with Gasteiger partial charge in [0, 0.05) is 35.8 Å². The highest BCUT2D eigenvalue weighted by Crippen LogP contribution is 2.12. The first-order valence-corrected chi connectivity index (χ1v) is 9.03. The van der Waals surface area contributed by atoms with Crippen LogP contribution in [-0.2, 0) is 13.0 Å². The van der Waals surface area contributed by atoms with E-state index in [1.54, 1.807) is 18.5 Å². The average Bonchev–Trinajstić information content (AvgIpc) is 2.60. The second-order valence-corrected chi connectivity index (χ2v) is 6.23. The number of aryl methyl sites for hydroxylation is 1. The van der Waals surface area contributed by atoms with Crippen molar-refractivity contribution in [1.82, 2.24) is 9.97 Å². The number of hydrogen-bond donors (Lipinski definition) is 1. The van der Waals surface area contributed by atoms with Crippen molar-refractivity contribution in [3.05, 3.63) is 58.1 Å². The van der Waals surface area contributed by atoms with Crippen molar-refractivity contribution in [3.8, 4) is 5.88 Å². The Morgan fingerprint density at radius 2 is 1.88 bits per heavy atom. The van der Waals surface area contributed by atoms with Crippen molar-refractivity contribution in [1.29, 1.82) is 0 Å². The molecule has 0 unspecified atom stereocenters. The fourth-order valence-corrected chi connectivity index (χ4v) is 2.70. The zero-order chi connectivity index (χ0) is 17.0. The maximum atomic E-state index is 11.8. The topological polar surface area (TPSA) is 55.0 Å². The van der Waals surface area contributed by atoms with Gasteiger partial charge in [0.05, 0.1) is 0 Å². The summed E-state index contributed by atoms with van der Waals surface area (Å²) in [5, 5.41) is 0. The summed E-state index contributed by atoms with van der Waals surface area (Å²) in [6, 6.07) is 7.00. The second-order valence-electron chi connectivity index (χ2n) is 6.23. The van der Waals surface area contributed by atoms with E-state index in [0.717, 1.165) is 24.1 Å². The minimum Gasteiger partial charge on any atom is -0.474 e. The first-order chi connectivity index (χ1) is 11.8. The van der Waals surface area contributed by atoms with Crippen LogP contribution in [0.25, 0.3) is 0 Å². The molecule has 0 aliphatic rings. The minimum atomic E-state index is -0.00659. The van der Waals surface area contributed by atoms with E-state index in [0.29, 0.717) is 12.5 Å². The van der Waals surface area contributed by atoms with Gasteiger partial charge in [0.15, 0.2) is 11.3 Å². The zero-order valence-corrected chi connectivity index (χ0v) is 14.6. The molecule has 0 atom stereocenters. The molecule has 2 aromatic heterocycles. The van der Waals surface area contributed by atoms with E-state index < -0.39 is 0 Å². The predicted molar refractivity (Wildman–Crippen MR) is 97.3 cm³/mol. The van der Waals surface area contributed by atoms with E-state index in [1.807, 2.05) is 12.1 Å². The smallest absolute Gasteiger partial charge is 0.195 e. The SMILES string of the molecule is CCCCCCCCCc1cc(=O)cc(OCc2cccnc2)[nH]1. The number of unbranched alkanes of at least 4 members (excludes halogenated alkanes) is 6. The minimum absolute atomic E-state index is 0.00659. The molecule has 1 N–H and O–H groups in total. The Hall–Kier alpha value is -2.10. The molecule has 130 valence electrons. The quantitative estimate of drug-likeness (QED) is 0.611. The third-order valence-corrected chi connectivity index (χ3v) is 4.04. The van der Waals surface area contributed by atoms with Crippen molar-refractivity contribution in [3.63, 3.8) is 0 Å². The fourth-order valence-electron chi connectivity index (χ4n) is 2.70. The number of pyridine rings is 2. The van der Waals surface area contributed by atoms with Gasteiger partial charge in [-0.1, -0.05) is 51.5 Å². The molecule has 0 aliphatic carbocycles. The molecular weight excluding hydrogens is 300 g/mol. The Morgan fingerprint density at radius 3 is 2.62 bits per heavy atom. The number of ether oxygens (including phenoxy) is 1. The predicted octanol–water partition coefficient (Wildman–Crippen LogP) is 4.64. The Morgan fingerprint density at radius 1 is 1.08 bits per heavy atom. The van der Waals surface area contributed by atoms with Crippen LogP contribution in [-0.4, -0.2) is 9.97 Å². The highest BCUT2D eigenvalue weighted by molar-refractivity contribution is 5.17. The van der Waals surface area contributed by atoms with Gasteiger partial charge in [0.2, 0.25) is 0 Å². The summed E-state index contributed by atoms with van der Waals surface area (Å²) in [5.74, 6) is 0.532. The standard InChI is InChI=1S/C20H28N2O2/c1-2-3-4-5-6-7-8-11-18-13-19(23)14-20(22-18)24-16-17-10-9-12-21-15-17/h9-10,12-15H,2-8,11,16H2,1H3,(H,22,23). The first-order valence-electron chi connectivity index (χ1n) is 9.03. The zero-order valence-electron chi connectivity index (χ0n) is 14.6. The average molecular weight is 328 g/mol. The van der Waals surface area contributed by atoms with Crippen LogP contribution in [0.3, 0.4) is 0 Å². The normalized spacial score (nSPS) is 10.7. The van der Waals surface area contributed by atoms with Crippen molar-refractivity contribution in [2.45, 2.75) is 64.9 Å². The van der Waals surface area contributed by atoms with E-state index in [2.05, 4.69) is 16.9 Å². The highest BCUT2D eigenvalue weighted by atomic mass is 16.5. The van der Waals surface area contributed by atoms with Crippen LogP contribution in [0.15, 0.2) is 41.5 Å². The van der Waals surface area contributed by atoms with Crippen LogP contribution < -0.4 is 10.2 Å². The molecule has 2 heterocycles. The molecule has 0 aliphatic heterocycles. The lowest BCUT2D eigenvalue weighted by atomic mass is 10.1. The second kappa shape index (κ2) is 10.6. The summed E-state index contributed by atoms with van der Waals surface area (Å²) in [5.41, 5.74) is 1.93. The Balaban J connectivity index is 1.77. The molecule has 0 bridgehead atoms. The van der Waals surface area contributed by atoms with E-state index in [1.165, 1.54) is 44.6 Å². The van der Waals surface area contributed by atoms with E-state index in [9.17, 15) is 4.79 Å². The summed E-state index contributed by atoms with van der Waals surface area (Å²) in [7, 11) is 0. The molecule has 0 saturated heterocycles. The summed E-state index contributed by atoms with van der Waals surface area (Å²) in [6.07, 6.45) is 13.3. The fraction of sp³-hybridized carbons (Fsp3) is 0.500. The first kappa shape index (κ1) is 18.2. The number of hydrogen-bond acceptors (Lipinski definition) is 3. The summed E-state index contributed by atoms with van der Waals surface area (Å²) < 4.78 is 5.69. The van der Waals surface area contributed by atoms with Gasteiger partial charge in [-0.05, 0) is 18.9 Å². The molecule has 24 heavy (non-hydrogen) atoms. The van der Waals surface area contributed by atoms with Crippen LogP contribution >= 0.6 is 0 Å². The number of nitrogens with zero attached hydrogens (tertiary/aromatic N) is 1. The molecule has 2 aromatic rings. The van der Waals surface area contributed by atoms with Crippen LogP contribution in [0.4, 0.5) is 0 Å². The monoisotopic (exact) mass is 328 g/mol. The Kier molecular flexibility index (Phi) is 8.08. The van der Waals surface area contributed by atoms with Crippen LogP contribution in [0.2, 0.25) is 0 Å². The van der Waals surface area contributed by atoms with Gasteiger partial charge in [-0.25, -0.2) is 0 Å². The lowest BCUT2D eigenvalue weighted by molar-refractivity contribution is 0.292. The van der Waals surface area contributed by atoms with Gasteiger partial charge in [0.1, 0.15) is 6.61 Å². The molecule has 0 amide bonds. The molecule has 0 spiro atoms. The van der Waals surface area contributed by atoms with Crippen LogP contribution in [0.5, 0.6) is 5.88 Å². The molecule has 4 nitrogen and oxygen atoms in total.